The molecule has 2 rings (SSSR count). The van der Waals surface area contributed by atoms with Gasteiger partial charge in [0.2, 0.25) is 5.91 Å². The number of carbonyl (C=O) groups is 1. The minimum atomic E-state index is -0.0938. The number of hydrogen-bond donors (Lipinski definition) is 1. The summed E-state index contributed by atoms with van der Waals surface area (Å²) in [5.74, 6) is 0.678. The monoisotopic (exact) mass is 288 g/mol. The number of rotatable bonds is 8. The molecule has 0 aliphatic carbocycles. The lowest BCUT2D eigenvalue weighted by atomic mass is 10.2. The normalized spacial score (nSPS) is 10.5. The molecule has 0 aliphatic heterocycles. The van der Waals surface area contributed by atoms with Gasteiger partial charge in [-0.3, -0.25) is 9.78 Å². The van der Waals surface area contributed by atoms with Crippen LogP contribution in [0, 0.1) is 0 Å². The standard InChI is InChI=1S/C16H20N2O3/c1-2-20-12-15(19)17-10-5-11-21-14-8-3-6-13-7-4-9-18-16(13)14/h3-4,6-9H,2,5,10-12H2,1H3,(H,17,19). The Morgan fingerprint density at radius 3 is 3.00 bits per heavy atom. The number of para-hydroxylation sites is 1. The Bertz CT molecular complexity index is 581. The number of benzene rings is 1. The van der Waals surface area contributed by atoms with Crippen molar-refractivity contribution in [1.82, 2.24) is 10.3 Å². The molecule has 21 heavy (non-hydrogen) atoms. The predicted octanol–water partition coefficient (Wildman–Crippen LogP) is 2.16. The van der Waals surface area contributed by atoms with Crippen molar-refractivity contribution in [3.8, 4) is 5.75 Å². The van der Waals surface area contributed by atoms with Crippen LogP contribution in [0.2, 0.25) is 0 Å². The molecule has 1 aromatic heterocycles. The Hall–Kier alpha value is -2.14. The molecule has 0 saturated heterocycles. The largest absolute Gasteiger partial charge is 0.491 e. The van der Waals surface area contributed by atoms with Crippen molar-refractivity contribution in [2.24, 2.45) is 0 Å². The first-order valence-electron chi connectivity index (χ1n) is 7.12. The Kier molecular flexibility index (Phi) is 5.97. The summed E-state index contributed by atoms with van der Waals surface area (Å²) in [6.07, 6.45) is 2.49. The van der Waals surface area contributed by atoms with Crippen LogP contribution in [0.4, 0.5) is 0 Å². The van der Waals surface area contributed by atoms with Gasteiger partial charge in [0.1, 0.15) is 17.9 Å². The van der Waals surface area contributed by atoms with E-state index in [9.17, 15) is 4.79 Å². The summed E-state index contributed by atoms with van der Waals surface area (Å²) in [5, 5.41) is 3.84. The lowest BCUT2D eigenvalue weighted by molar-refractivity contribution is -0.125. The van der Waals surface area contributed by atoms with E-state index in [0.717, 1.165) is 23.1 Å². The fourth-order valence-electron chi connectivity index (χ4n) is 1.92. The molecule has 1 amide bonds. The molecular weight excluding hydrogens is 268 g/mol. The second-order valence-corrected chi connectivity index (χ2v) is 4.52. The zero-order valence-electron chi connectivity index (χ0n) is 12.2. The fraction of sp³-hybridized carbons (Fsp3) is 0.375. The summed E-state index contributed by atoms with van der Waals surface area (Å²) in [5.41, 5.74) is 0.861. The summed E-state index contributed by atoms with van der Waals surface area (Å²) >= 11 is 0. The number of nitrogens with zero attached hydrogens (tertiary/aromatic N) is 1. The van der Waals surface area contributed by atoms with Crippen LogP contribution in [0.25, 0.3) is 10.9 Å². The summed E-state index contributed by atoms with van der Waals surface area (Å²) < 4.78 is 10.8. The average Bonchev–Trinajstić information content (AvgIpc) is 2.52. The number of hydrogen-bond acceptors (Lipinski definition) is 4. The van der Waals surface area contributed by atoms with E-state index < -0.39 is 0 Å². The number of carbonyl (C=O) groups excluding carboxylic acids is 1. The molecule has 5 heteroatoms. The molecule has 5 nitrogen and oxygen atoms in total. The highest BCUT2D eigenvalue weighted by molar-refractivity contribution is 5.84. The molecule has 2 aromatic rings. The molecule has 0 fully saturated rings. The van der Waals surface area contributed by atoms with E-state index in [-0.39, 0.29) is 12.5 Å². The summed E-state index contributed by atoms with van der Waals surface area (Å²) in [6, 6.07) is 9.76. The number of aromatic nitrogens is 1. The van der Waals surface area contributed by atoms with Gasteiger partial charge in [-0.2, -0.15) is 0 Å². The van der Waals surface area contributed by atoms with Gasteiger partial charge in [0.15, 0.2) is 0 Å². The molecule has 112 valence electrons. The number of nitrogens with one attached hydrogen (secondary N) is 1. The lowest BCUT2D eigenvalue weighted by Crippen LogP contribution is -2.29. The summed E-state index contributed by atoms with van der Waals surface area (Å²) in [4.78, 5) is 15.7. The molecule has 0 unspecified atom stereocenters. The first-order valence-corrected chi connectivity index (χ1v) is 7.12. The van der Waals surface area contributed by atoms with Gasteiger partial charge >= 0.3 is 0 Å². The van der Waals surface area contributed by atoms with Crippen molar-refractivity contribution in [3.63, 3.8) is 0 Å². The van der Waals surface area contributed by atoms with Crippen LogP contribution in [0.5, 0.6) is 5.75 Å². The lowest BCUT2D eigenvalue weighted by Gasteiger charge is -2.09. The second kappa shape index (κ2) is 8.21. The average molecular weight is 288 g/mol. The molecular formula is C16H20N2O3. The van der Waals surface area contributed by atoms with Gasteiger partial charge < -0.3 is 14.8 Å². The Labute approximate surface area is 124 Å². The third-order valence-electron chi connectivity index (χ3n) is 2.93. The maximum atomic E-state index is 11.3. The SMILES string of the molecule is CCOCC(=O)NCCCOc1cccc2cccnc12. The van der Waals surface area contributed by atoms with Crippen molar-refractivity contribution in [1.29, 1.82) is 0 Å². The van der Waals surface area contributed by atoms with Crippen LogP contribution in [-0.4, -0.2) is 37.3 Å². The predicted molar refractivity (Wildman–Crippen MR) is 81.4 cm³/mol. The maximum Gasteiger partial charge on any atom is 0.245 e. The van der Waals surface area contributed by atoms with Crippen LogP contribution >= 0.6 is 0 Å². The molecule has 1 N–H and O–H groups in total. The van der Waals surface area contributed by atoms with Gasteiger partial charge in [-0.25, -0.2) is 0 Å². The molecule has 0 spiro atoms. The van der Waals surface area contributed by atoms with Gasteiger partial charge in [-0.15, -0.1) is 0 Å². The molecule has 1 heterocycles. The second-order valence-electron chi connectivity index (χ2n) is 4.52. The van der Waals surface area contributed by atoms with Crippen molar-refractivity contribution < 1.29 is 14.3 Å². The van der Waals surface area contributed by atoms with Crippen LogP contribution in [-0.2, 0) is 9.53 Å². The summed E-state index contributed by atoms with van der Waals surface area (Å²) in [7, 11) is 0. The van der Waals surface area contributed by atoms with Gasteiger partial charge in [0.25, 0.3) is 0 Å². The van der Waals surface area contributed by atoms with Crippen LogP contribution in [0.3, 0.4) is 0 Å². The molecule has 0 bridgehead atoms. The highest BCUT2D eigenvalue weighted by Gasteiger charge is 2.03. The Balaban J connectivity index is 1.74. The van der Waals surface area contributed by atoms with E-state index >= 15 is 0 Å². The van der Waals surface area contributed by atoms with Gasteiger partial charge in [-0.05, 0) is 25.5 Å². The highest BCUT2D eigenvalue weighted by atomic mass is 16.5. The first kappa shape index (κ1) is 15.3. The van der Waals surface area contributed by atoms with E-state index in [0.29, 0.717) is 19.8 Å². The van der Waals surface area contributed by atoms with E-state index in [4.69, 9.17) is 9.47 Å². The molecule has 0 atom stereocenters. The zero-order valence-corrected chi connectivity index (χ0v) is 12.2. The fourth-order valence-corrected chi connectivity index (χ4v) is 1.92. The van der Waals surface area contributed by atoms with E-state index in [2.05, 4.69) is 10.3 Å². The number of pyridine rings is 1. The minimum absolute atomic E-state index is 0.0938. The third-order valence-corrected chi connectivity index (χ3v) is 2.93. The number of ether oxygens (including phenoxy) is 2. The third kappa shape index (κ3) is 4.72. The number of fused-ring (bicyclic) bond motifs is 1. The van der Waals surface area contributed by atoms with Crippen LogP contribution in [0.15, 0.2) is 36.5 Å². The molecule has 0 aliphatic rings. The summed E-state index contributed by atoms with van der Waals surface area (Å²) in [6.45, 7) is 3.63. The Morgan fingerprint density at radius 2 is 2.14 bits per heavy atom. The quantitative estimate of drug-likeness (QED) is 0.756. The Morgan fingerprint density at radius 1 is 1.29 bits per heavy atom. The molecule has 0 radical (unpaired) electrons. The zero-order chi connectivity index (χ0) is 14.9. The van der Waals surface area contributed by atoms with E-state index in [1.54, 1.807) is 6.20 Å². The smallest absolute Gasteiger partial charge is 0.245 e. The first-order chi connectivity index (χ1) is 10.3. The maximum absolute atomic E-state index is 11.3. The topological polar surface area (TPSA) is 60.5 Å². The number of amides is 1. The molecule has 0 saturated carbocycles. The van der Waals surface area contributed by atoms with Crippen molar-refractivity contribution in [2.45, 2.75) is 13.3 Å². The minimum Gasteiger partial charge on any atom is -0.491 e. The van der Waals surface area contributed by atoms with Crippen LogP contribution < -0.4 is 10.1 Å². The van der Waals surface area contributed by atoms with Crippen molar-refractivity contribution in [3.05, 3.63) is 36.5 Å². The van der Waals surface area contributed by atoms with Crippen molar-refractivity contribution >= 4 is 16.8 Å². The highest BCUT2D eigenvalue weighted by Crippen LogP contribution is 2.22. The van der Waals surface area contributed by atoms with Crippen molar-refractivity contribution in [2.75, 3.05) is 26.4 Å². The van der Waals surface area contributed by atoms with Crippen LogP contribution in [0.1, 0.15) is 13.3 Å². The van der Waals surface area contributed by atoms with E-state index in [1.807, 2.05) is 37.3 Å². The van der Waals surface area contributed by atoms with Gasteiger partial charge in [-0.1, -0.05) is 18.2 Å². The van der Waals surface area contributed by atoms with E-state index in [1.165, 1.54) is 0 Å². The molecule has 1 aromatic carbocycles. The van der Waals surface area contributed by atoms with Gasteiger partial charge in [0.05, 0.1) is 6.61 Å². The van der Waals surface area contributed by atoms with Gasteiger partial charge in [0, 0.05) is 24.7 Å².